The van der Waals surface area contributed by atoms with Crippen molar-refractivity contribution < 1.29 is 9.47 Å². The highest BCUT2D eigenvalue weighted by Crippen LogP contribution is 2.18. The number of nitrogens with one attached hydrogen (secondary N) is 1. The van der Waals surface area contributed by atoms with E-state index in [2.05, 4.69) is 0 Å². The van der Waals surface area contributed by atoms with Crippen LogP contribution in [0.25, 0.3) is 0 Å². The molecular weight excluding hydrogens is 192 g/mol. The van der Waals surface area contributed by atoms with Crippen LogP contribution in [0.5, 0.6) is 11.5 Å². The molecule has 0 radical (unpaired) electrons. The minimum Gasteiger partial charge on any atom is -0.497 e. The molecule has 3 N–H and O–H groups in total. The maximum atomic E-state index is 7.13. The fourth-order valence-corrected chi connectivity index (χ4v) is 1.24. The number of rotatable bonds is 5. The summed E-state index contributed by atoms with van der Waals surface area (Å²) in [6, 6.07) is 7.32. The molecule has 0 spiro atoms. The second-order valence-electron chi connectivity index (χ2n) is 3.33. The SMILES string of the molecule is COc1ccc(OC(C)CC(=N)N)cc1. The monoisotopic (exact) mass is 208 g/mol. The van der Waals surface area contributed by atoms with Crippen LogP contribution in [0, 0.1) is 5.41 Å². The van der Waals surface area contributed by atoms with E-state index in [1.54, 1.807) is 7.11 Å². The quantitative estimate of drug-likeness (QED) is 0.572. The Kier molecular flexibility index (Phi) is 3.97. The molecule has 0 amide bonds. The molecule has 0 aromatic heterocycles. The topological polar surface area (TPSA) is 68.3 Å². The van der Waals surface area contributed by atoms with Crippen molar-refractivity contribution in [2.24, 2.45) is 5.73 Å². The summed E-state index contributed by atoms with van der Waals surface area (Å²) >= 11 is 0. The molecule has 0 bridgehead atoms. The van der Waals surface area contributed by atoms with Crippen molar-refractivity contribution in [1.82, 2.24) is 0 Å². The van der Waals surface area contributed by atoms with Crippen LogP contribution in [-0.2, 0) is 0 Å². The van der Waals surface area contributed by atoms with Crippen LogP contribution in [0.3, 0.4) is 0 Å². The van der Waals surface area contributed by atoms with E-state index in [1.807, 2.05) is 31.2 Å². The zero-order valence-electron chi connectivity index (χ0n) is 8.99. The minimum atomic E-state index is -0.0871. The Labute approximate surface area is 89.5 Å². The van der Waals surface area contributed by atoms with E-state index in [9.17, 15) is 0 Å². The average molecular weight is 208 g/mol. The van der Waals surface area contributed by atoms with Crippen molar-refractivity contribution in [2.75, 3.05) is 7.11 Å². The van der Waals surface area contributed by atoms with Gasteiger partial charge in [-0.15, -0.1) is 0 Å². The number of benzene rings is 1. The number of methoxy groups -OCH3 is 1. The van der Waals surface area contributed by atoms with Crippen molar-refractivity contribution in [3.63, 3.8) is 0 Å². The number of hydrogen-bond acceptors (Lipinski definition) is 3. The highest BCUT2D eigenvalue weighted by molar-refractivity contribution is 5.77. The molecule has 1 atom stereocenters. The molecule has 4 heteroatoms. The van der Waals surface area contributed by atoms with Crippen LogP contribution in [0.1, 0.15) is 13.3 Å². The maximum absolute atomic E-state index is 7.13. The van der Waals surface area contributed by atoms with Gasteiger partial charge in [-0.05, 0) is 31.2 Å². The summed E-state index contributed by atoms with van der Waals surface area (Å²) in [5.41, 5.74) is 5.28. The van der Waals surface area contributed by atoms with Crippen LogP contribution < -0.4 is 15.2 Å². The number of amidine groups is 1. The molecular formula is C11H16N2O2. The third kappa shape index (κ3) is 3.89. The van der Waals surface area contributed by atoms with Gasteiger partial charge >= 0.3 is 0 Å². The first-order chi connectivity index (χ1) is 7.11. The largest absolute Gasteiger partial charge is 0.497 e. The Balaban J connectivity index is 2.53. The molecule has 1 rings (SSSR count). The van der Waals surface area contributed by atoms with Gasteiger partial charge in [-0.1, -0.05) is 0 Å². The predicted octanol–water partition coefficient (Wildman–Crippen LogP) is 1.79. The van der Waals surface area contributed by atoms with Crippen molar-refractivity contribution in [3.05, 3.63) is 24.3 Å². The van der Waals surface area contributed by atoms with Crippen molar-refractivity contribution in [3.8, 4) is 11.5 Å². The lowest BCUT2D eigenvalue weighted by atomic mass is 10.2. The van der Waals surface area contributed by atoms with Gasteiger partial charge in [0.1, 0.15) is 17.6 Å². The standard InChI is InChI=1S/C11H16N2O2/c1-8(7-11(12)13)15-10-5-3-9(14-2)4-6-10/h3-6,8H,7H2,1-2H3,(H3,12,13). The van der Waals surface area contributed by atoms with Crippen LogP contribution >= 0.6 is 0 Å². The third-order valence-electron chi connectivity index (χ3n) is 1.90. The average Bonchev–Trinajstić information content (AvgIpc) is 2.17. The summed E-state index contributed by atoms with van der Waals surface area (Å²) in [7, 11) is 1.62. The summed E-state index contributed by atoms with van der Waals surface area (Å²) in [4.78, 5) is 0. The number of nitrogens with two attached hydrogens (primary N) is 1. The van der Waals surface area contributed by atoms with Gasteiger partial charge in [-0.25, -0.2) is 0 Å². The fraction of sp³-hybridized carbons (Fsp3) is 0.364. The molecule has 0 aliphatic rings. The number of ether oxygens (including phenoxy) is 2. The lowest BCUT2D eigenvalue weighted by Gasteiger charge is -2.13. The highest BCUT2D eigenvalue weighted by atomic mass is 16.5. The van der Waals surface area contributed by atoms with E-state index in [1.165, 1.54) is 0 Å². The first-order valence-corrected chi connectivity index (χ1v) is 4.75. The third-order valence-corrected chi connectivity index (χ3v) is 1.90. The predicted molar refractivity (Wildman–Crippen MR) is 59.6 cm³/mol. The lowest BCUT2D eigenvalue weighted by Crippen LogP contribution is -2.21. The van der Waals surface area contributed by atoms with Gasteiger partial charge in [0, 0.05) is 6.42 Å². The molecule has 0 saturated heterocycles. The highest BCUT2D eigenvalue weighted by Gasteiger charge is 2.05. The lowest BCUT2D eigenvalue weighted by molar-refractivity contribution is 0.229. The molecule has 1 unspecified atom stereocenters. The Hall–Kier alpha value is -1.71. The molecule has 0 aliphatic heterocycles. The summed E-state index contributed by atoms with van der Waals surface area (Å²) in [5, 5.41) is 7.13. The summed E-state index contributed by atoms with van der Waals surface area (Å²) in [6.07, 6.45) is 0.349. The van der Waals surface area contributed by atoms with E-state index in [-0.39, 0.29) is 11.9 Å². The van der Waals surface area contributed by atoms with E-state index < -0.39 is 0 Å². The van der Waals surface area contributed by atoms with Gasteiger partial charge in [0.05, 0.1) is 12.9 Å². The van der Waals surface area contributed by atoms with Crippen LogP contribution in [0.2, 0.25) is 0 Å². The Morgan fingerprint density at radius 1 is 1.33 bits per heavy atom. The molecule has 0 fully saturated rings. The summed E-state index contributed by atoms with van der Waals surface area (Å²) in [6.45, 7) is 1.88. The molecule has 0 heterocycles. The fourth-order valence-electron chi connectivity index (χ4n) is 1.24. The van der Waals surface area contributed by atoms with Crippen LogP contribution in [-0.4, -0.2) is 19.0 Å². The first-order valence-electron chi connectivity index (χ1n) is 4.75. The second-order valence-corrected chi connectivity index (χ2v) is 3.33. The van der Waals surface area contributed by atoms with Gasteiger partial charge in [0.2, 0.25) is 0 Å². The molecule has 1 aromatic carbocycles. The zero-order valence-corrected chi connectivity index (χ0v) is 8.99. The van der Waals surface area contributed by atoms with Crippen LogP contribution in [0.15, 0.2) is 24.3 Å². The molecule has 15 heavy (non-hydrogen) atoms. The van der Waals surface area contributed by atoms with Crippen molar-refractivity contribution in [1.29, 1.82) is 5.41 Å². The molecule has 82 valence electrons. The zero-order chi connectivity index (χ0) is 11.3. The first kappa shape index (κ1) is 11.4. The van der Waals surface area contributed by atoms with Crippen LogP contribution in [0.4, 0.5) is 0 Å². The van der Waals surface area contributed by atoms with E-state index in [4.69, 9.17) is 20.6 Å². The minimum absolute atomic E-state index is 0.0871. The Morgan fingerprint density at radius 3 is 2.33 bits per heavy atom. The maximum Gasteiger partial charge on any atom is 0.119 e. The normalized spacial score (nSPS) is 11.9. The molecule has 1 aromatic rings. The summed E-state index contributed by atoms with van der Waals surface area (Å²) < 4.78 is 10.6. The van der Waals surface area contributed by atoms with Gasteiger partial charge in [-0.3, -0.25) is 5.41 Å². The summed E-state index contributed by atoms with van der Waals surface area (Å²) in [5.74, 6) is 1.68. The van der Waals surface area contributed by atoms with E-state index >= 15 is 0 Å². The van der Waals surface area contributed by atoms with Gasteiger partial charge < -0.3 is 15.2 Å². The van der Waals surface area contributed by atoms with Crippen molar-refractivity contribution in [2.45, 2.75) is 19.4 Å². The van der Waals surface area contributed by atoms with Crippen molar-refractivity contribution >= 4 is 5.84 Å². The molecule has 0 aliphatic carbocycles. The Bertz CT molecular complexity index is 322. The Morgan fingerprint density at radius 2 is 1.87 bits per heavy atom. The van der Waals surface area contributed by atoms with E-state index in [0.717, 1.165) is 11.5 Å². The van der Waals surface area contributed by atoms with Gasteiger partial charge in [-0.2, -0.15) is 0 Å². The molecule has 0 saturated carbocycles. The molecule has 4 nitrogen and oxygen atoms in total. The van der Waals surface area contributed by atoms with Gasteiger partial charge in [0.15, 0.2) is 0 Å². The second kappa shape index (κ2) is 5.24. The van der Waals surface area contributed by atoms with E-state index in [0.29, 0.717) is 6.42 Å². The number of hydrogen-bond donors (Lipinski definition) is 2. The van der Waals surface area contributed by atoms with Gasteiger partial charge in [0.25, 0.3) is 0 Å². The smallest absolute Gasteiger partial charge is 0.119 e.